The third kappa shape index (κ3) is 1.93. The lowest BCUT2D eigenvalue weighted by Gasteiger charge is -2.07. The zero-order valence-corrected chi connectivity index (χ0v) is 9.26. The molecule has 1 aliphatic rings. The molecule has 0 fully saturated rings. The maximum Gasteiger partial charge on any atom is 0.143 e. The first-order valence-corrected chi connectivity index (χ1v) is 4.99. The lowest BCUT2D eigenvalue weighted by atomic mass is 10.2. The van der Waals surface area contributed by atoms with Crippen LogP contribution in [-0.2, 0) is 0 Å². The van der Waals surface area contributed by atoms with Gasteiger partial charge >= 0.3 is 0 Å². The van der Waals surface area contributed by atoms with Gasteiger partial charge in [0.05, 0.1) is 11.9 Å². The van der Waals surface area contributed by atoms with E-state index in [4.69, 9.17) is 0 Å². The predicted octanol–water partition coefficient (Wildman–Crippen LogP) is 2.37. The van der Waals surface area contributed by atoms with Gasteiger partial charge in [-0.1, -0.05) is 0 Å². The molecule has 1 aromatic rings. The van der Waals surface area contributed by atoms with Gasteiger partial charge in [-0.25, -0.2) is 0 Å². The Balaban J connectivity index is 2.53. The molecule has 0 bridgehead atoms. The number of aliphatic imine (C=N–C) groups is 2. The average molecular weight is 285 g/mol. The van der Waals surface area contributed by atoms with E-state index in [0.717, 1.165) is 11.3 Å². The predicted molar refractivity (Wildman–Crippen MR) is 62.4 cm³/mol. The number of nitrogens with zero attached hydrogens (tertiary/aromatic N) is 3. The molecule has 0 radical (unpaired) electrons. The van der Waals surface area contributed by atoms with Crippen molar-refractivity contribution in [3.8, 4) is 0 Å². The third-order valence-electron chi connectivity index (χ3n) is 1.73. The Morgan fingerprint density at radius 2 is 2.31 bits per heavy atom. The molecule has 0 spiro atoms. The number of aromatic nitrogens is 1. The molecule has 1 unspecified atom stereocenters. The van der Waals surface area contributed by atoms with Crippen molar-refractivity contribution < 1.29 is 0 Å². The molecule has 0 amide bonds. The minimum Gasteiger partial charge on any atom is -0.270 e. The first-order chi connectivity index (χ1) is 6.17. The molecule has 0 aliphatic carbocycles. The summed E-state index contributed by atoms with van der Waals surface area (Å²) in [4.78, 5) is 12.7. The van der Waals surface area contributed by atoms with Crippen LogP contribution in [0.15, 0.2) is 28.4 Å². The summed E-state index contributed by atoms with van der Waals surface area (Å²) in [6.07, 6.45) is 7.17. The minimum atomic E-state index is -0.239. The zero-order valence-electron chi connectivity index (χ0n) is 7.11. The molecular weight excluding hydrogens is 277 g/mol. The SMILES string of the molecule is CC1(I)C=Nc2cnccc2C=N1. The standard InChI is InChI=1S/C9H8IN3/c1-9(10)6-12-8-5-11-3-2-7(8)4-13-9/h2-6H,1H3. The zero-order chi connectivity index (χ0) is 9.31. The van der Waals surface area contributed by atoms with E-state index in [1.807, 2.05) is 25.4 Å². The van der Waals surface area contributed by atoms with Crippen molar-refractivity contribution in [2.24, 2.45) is 9.98 Å². The Bertz CT molecular complexity index is 347. The van der Waals surface area contributed by atoms with Gasteiger partial charge in [0, 0.05) is 24.2 Å². The van der Waals surface area contributed by atoms with Crippen molar-refractivity contribution in [3.05, 3.63) is 24.0 Å². The van der Waals surface area contributed by atoms with E-state index in [1.165, 1.54) is 0 Å². The molecule has 1 atom stereocenters. The van der Waals surface area contributed by atoms with Crippen molar-refractivity contribution in [1.29, 1.82) is 0 Å². The summed E-state index contributed by atoms with van der Waals surface area (Å²) in [5, 5.41) is 0. The second-order valence-electron chi connectivity index (χ2n) is 2.97. The first-order valence-electron chi connectivity index (χ1n) is 3.91. The lowest BCUT2D eigenvalue weighted by Crippen LogP contribution is -2.12. The summed E-state index contributed by atoms with van der Waals surface area (Å²) >= 11 is 2.25. The van der Waals surface area contributed by atoms with Crippen LogP contribution in [0.3, 0.4) is 0 Å². The van der Waals surface area contributed by atoms with Crippen molar-refractivity contribution in [2.75, 3.05) is 0 Å². The molecule has 2 heterocycles. The van der Waals surface area contributed by atoms with Crippen LogP contribution in [0, 0.1) is 0 Å². The number of pyridine rings is 1. The van der Waals surface area contributed by atoms with Gasteiger partial charge in [-0.15, -0.1) is 0 Å². The molecule has 3 nitrogen and oxygen atoms in total. The lowest BCUT2D eigenvalue weighted by molar-refractivity contribution is 0.971. The second kappa shape index (κ2) is 3.17. The largest absolute Gasteiger partial charge is 0.270 e. The van der Waals surface area contributed by atoms with E-state index < -0.39 is 0 Å². The highest BCUT2D eigenvalue weighted by Gasteiger charge is 2.16. The summed E-state index contributed by atoms with van der Waals surface area (Å²) in [5.74, 6) is 0. The molecule has 13 heavy (non-hydrogen) atoms. The smallest absolute Gasteiger partial charge is 0.143 e. The van der Waals surface area contributed by atoms with Crippen LogP contribution in [0.4, 0.5) is 5.69 Å². The average Bonchev–Trinajstić information content (AvgIpc) is 2.27. The number of alkyl halides is 1. The van der Waals surface area contributed by atoms with Gasteiger partial charge in [-0.05, 0) is 35.6 Å². The van der Waals surface area contributed by atoms with E-state index in [2.05, 4.69) is 37.6 Å². The molecule has 0 saturated carbocycles. The number of rotatable bonds is 0. The maximum absolute atomic E-state index is 4.38. The third-order valence-corrected chi connectivity index (χ3v) is 2.29. The summed E-state index contributed by atoms with van der Waals surface area (Å²) in [6, 6.07) is 1.91. The summed E-state index contributed by atoms with van der Waals surface area (Å²) in [6.45, 7) is 2.01. The van der Waals surface area contributed by atoms with Crippen LogP contribution in [0.1, 0.15) is 12.5 Å². The van der Waals surface area contributed by atoms with Gasteiger partial charge in [0.25, 0.3) is 0 Å². The van der Waals surface area contributed by atoms with E-state index in [0.29, 0.717) is 0 Å². The molecule has 1 aromatic heterocycles. The fraction of sp³-hybridized carbons (Fsp3) is 0.222. The molecular formula is C9H8IN3. The summed E-state index contributed by atoms with van der Waals surface area (Å²) in [5.41, 5.74) is 1.90. The van der Waals surface area contributed by atoms with E-state index >= 15 is 0 Å². The maximum atomic E-state index is 4.38. The highest BCUT2D eigenvalue weighted by molar-refractivity contribution is 14.1. The van der Waals surface area contributed by atoms with Crippen LogP contribution in [-0.4, -0.2) is 21.0 Å². The van der Waals surface area contributed by atoms with E-state index in [9.17, 15) is 0 Å². The topological polar surface area (TPSA) is 37.6 Å². The van der Waals surface area contributed by atoms with E-state index in [-0.39, 0.29) is 3.55 Å². The Morgan fingerprint density at radius 3 is 3.15 bits per heavy atom. The second-order valence-corrected chi connectivity index (χ2v) is 5.16. The van der Waals surface area contributed by atoms with Crippen LogP contribution in [0.5, 0.6) is 0 Å². The van der Waals surface area contributed by atoms with Gasteiger partial charge in [0.2, 0.25) is 0 Å². The van der Waals surface area contributed by atoms with Gasteiger partial charge in [0.15, 0.2) is 0 Å². The van der Waals surface area contributed by atoms with Crippen molar-refractivity contribution in [1.82, 2.24) is 4.98 Å². The van der Waals surface area contributed by atoms with Crippen LogP contribution in [0.2, 0.25) is 0 Å². The number of halogens is 1. The number of fused-ring (bicyclic) bond motifs is 1. The highest BCUT2D eigenvalue weighted by Crippen LogP contribution is 2.24. The summed E-state index contributed by atoms with van der Waals surface area (Å²) < 4.78 is -0.239. The van der Waals surface area contributed by atoms with Crippen LogP contribution >= 0.6 is 22.6 Å². The molecule has 0 aromatic carbocycles. The van der Waals surface area contributed by atoms with Crippen molar-refractivity contribution >= 4 is 40.7 Å². The molecule has 66 valence electrons. The highest BCUT2D eigenvalue weighted by atomic mass is 127. The number of hydrogen-bond acceptors (Lipinski definition) is 3. The van der Waals surface area contributed by atoms with Gasteiger partial charge in [-0.2, -0.15) is 0 Å². The van der Waals surface area contributed by atoms with Crippen molar-refractivity contribution in [3.63, 3.8) is 0 Å². The molecule has 0 N–H and O–H groups in total. The van der Waals surface area contributed by atoms with Crippen LogP contribution in [0.25, 0.3) is 0 Å². The first kappa shape index (κ1) is 8.80. The molecule has 1 aliphatic heterocycles. The Kier molecular flexibility index (Phi) is 2.15. The van der Waals surface area contributed by atoms with Gasteiger partial charge < -0.3 is 0 Å². The minimum absolute atomic E-state index is 0.239. The quantitative estimate of drug-likeness (QED) is 0.409. The Morgan fingerprint density at radius 1 is 1.46 bits per heavy atom. The molecule has 0 saturated heterocycles. The summed E-state index contributed by atoms with van der Waals surface area (Å²) in [7, 11) is 0. The molecule has 4 heteroatoms. The Labute approximate surface area is 90.2 Å². The van der Waals surface area contributed by atoms with Crippen molar-refractivity contribution in [2.45, 2.75) is 10.5 Å². The normalized spacial score (nSPS) is 25.4. The molecule has 2 rings (SSSR count). The monoisotopic (exact) mass is 285 g/mol. The van der Waals surface area contributed by atoms with Gasteiger partial charge in [-0.3, -0.25) is 15.0 Å². The fourth-order valence-corrected chi connectivity index (χ4v) is 1.31. The fourth-order valence-electron chi connectivity index (χ4n) is 1.03. The van der Waals surface area contributed by atoms with E-state index in [1.54, 1.807) is 12.4 Å². The van der Waals surface area contributed by atoms with Gasteiger partial charge in [0.1, 0.15) is 3.55 Å². The Hall–Kier alpha value is -0.780. The number of hydrogen-bond donors (Lipinski definition) is 0. The van der Waals surface area contributed by atoms with Crippen LogP contribution < -0.4 is 0 Å².